The summed E-state index contributed by atoms with van der Waals surface area (Å²) >= 11 is 0. The monoisotopic (exact) mass is 346 g/mol. The summed E-state index contributed by atoms with van der Waals surface area (Å²) in [6.45, 7) is 1.45. The van der Waals surface area contributed by atoms with Gasteiger partial charge in [0.2, 0.25) is 5.91 Å². The van der Waals surface area contributed by atoms with Crippen LogP contribution >= 0.6 is 0 Å². The van der Waals surface area contributed by atoms with E-state index in [1.165, 1.54) is 47.9 Å². The highest BCUT2D eigenvalue weighted by atomic mass is 16.2. The lowest BCUT2D eigenvalue weighted by Crippen LogP contribution is -2.40. The third kappa shape index (κ3) is 2.95. The van der Waals surface area contributed by atoms with Crippen molar-refractivity contribution in [1.82, 2.24) is 10.2 Å². The summed E-state index contributed by atoms with van der Waals surface area (Å²) in [6, 6.07) is 18.4. The molecule has 2 unspecified atom stereocenters. The minimum absolute atomic E-state index is 0.322. The number of hydrogen-bond donors (Lipinski definition) is 1. The van der Waals surface area contributed by atoms with Gasteiger partial charge in [-0.3, -0.25) is 4.79 Å². The lowest BCUT2D eigenvalue weighted by molar-refractivity contribution is -0.133. The molecule has 1 N–H and O–H groups in total. The van der Waals surface area contributed by atoms with E-state index in [1.54, 1.807) is 0 Å². The van der Waals surface area contributed by atoms with Crippen LogP contribution in [0, 0.1) is 5.92 Å². The Hall–Kier alpha value is -2.13. The van der Waals surface area contributed by atoms with Gasteiger partial charge in [-0.1, -0.05) is 48.5 Å². The van der Waals surface area contributed by atoms with Crippen LogP contribution in [-0.2, 0) is 17.9 Å². The highest BCUT2D eigenvalue weighted by Crippen LogP contribution is 2.35. The Kier molecular flexibility index (Phi) is 4.05. The Morgan fingerprint density at radius 1 is 0.885 bits per heavy atom. The summed E-state index contributed by atoms with van der Waals surface area (Å²) < 4.78 is 0. The van der Waals surface area contributed by atoms with E-state index < -0.39 is 0 Å². The van der Waals surface area contributed by atoms with Crippen molar-refractivity contribution in [2.24, 2.45) is 5.92 Å². The first-order valence-corrected chi connectivity index (χ1v) is 9.96. The van der Waals surface area contributed by atoms with Gasteiger partial charge in [0.05, 0.1) is 0 Å². The van der Waals surface area contributed by atoms with Crippen LogP contribution in [-0.4, -0.2) is 22.9 Å². The normalized spacial score (nSPS) is 26.8. The molecule has 26 heavy (non-hydrogen) atoms. The molecule has 3 heteroatoms. The van der Waals surface area contributed by atoms with Crippen LogP contribution < -0.4 is 5.32 Å². The molecule has 2 aromatic carbocycles. The molecule has 3 aliphatic rings. The molecule has 0 saturated carbocycles. The molecule has 1 amide bonds. The molecule has 2 bridgehead atoms. The molecular formula is C23H26N2O. The van der Waals surface area contributed by atoms with E-state index in [1.807, 2.05) is 0 Å². The molecule has 0 aliphatic carbocycles. The number of nitrogens with one attached hydrogen (secondary N) is 1. The first-order chi connectivity index (χ1) is 12.8. The summed E-state index contributed by atoms with van der Waals surface area (Å²) in [6.07, 6.45) is 5.63. The standard InChI is InChI=1S/C23H26N2O/c26-23(13-16-11-19-9-10-20(12-16)24-19)25-14-17-5-1-3-7-21(17)22-8-4-2-6-18(22)15-25/h1-8,16,19-20,24H,9-15H2. The van der Waals surface area contributed by atoms with Crippen LogP contribution in [0.15, 0.2) is 48.5 Å². The van der Waals surface area contributed by atoms with E-state index in [2.05, 4.69) is 58.7 Å². The number of carbonyl (C=O) groups excluding carboxylic acids is 1. The van der Waals surface area contributed by atoms with Crippen LogP contribution in [0.2, 0.25) is 0 Å². The molecule has 3 heterocycles. The topological polar surface area (TPSA) is 32.3 Å². The predicted molar refractivity (Wildman–Crippen MR) is 103 cm³/mol. The Balaban J connectivity index is 1.39. The van der Waals surface area contributed by atoms with Crippen molar-refractivity contribution in [2.45, 2.75) is 57.3 Å². The summed E-state index contributed by atoms with van der Waals surface area (Å²) in [5, 5.41) is 3.68. The first kappa shape index (κ1) is 16.1. The summed E-state index contributed by atoms with van der Waals surface area (Å²) in [5.41, 5.74) is 5.07. The van der Waals surface area contributed by atoms with Gasteiger partial charge in [-0.15, -0.1) is 0 Å². The maximum atomic E-state index is 13.2. The number of hydrogen-bond acceptors (Lipinski definition) is 2. The highest BCUT2D eigenvalue weighted by molar-refractivity contribution is 5.79. The number of amides is 1. The molecule has 0 aromatic heterocycles. The molecule has 3 aliphatic heterocycles. The Morgan fingerprint density at radius 3 is 2.00 bits per heavy atom. The zero-order valence-electron chi connectivity index (χ0n) is 15.2. The van der Waals surface area contributed by atoms with Crippen molar-refractivity contribution >= 4 is 5.91 Å². The van der Waals surface area contributed by atoms with E-state index in [4.69, 9.17) is 0 Å². The maximum Gasteiger partial charge on any atom is 0.223 e. The third-order valence-electron chi connectivity index (χ3n) is 6.43. The van der Waals surface area contributed by atoms with Crippen molar-refractivity contribution in [1.29, 1.82) is 0 Å². The molecule has 2 atom stereocenters. The van der Waals surface area contributed by atoms with Crippen LogP contribution in [0.25, 0.3) is 11.1 Å². The number of fused-ring (bicyclic) bond motifs is 5. The fraction of sp³-hybridized carbons (Fsp3) is 0.435. The summed E-state index contributed by atoms with van der Waals surface area (Å²) in [5.74, 6) is 0.873. The Bertz CT molecular complexity index is 771. The predicted octanol–water partition coefficient (Wildman–Crippen LogP) is 4.12. The van der Waals surface area contributed by atoms with E-state index in [0.717, 1.165) is 13.1 Å². The Labute approximate surface area is 155 Å². The largest absolute Gasteiger partial charge is 0.334 e. The lowest BCUT2D eigenvalue weighted by Gasteiger charge is -2.30. The summed E-state index contributed by atoms with van der Waals surface area (Å²) in [4.78, 5) is 15.3. The van der Waals surface area contributed by atoms with Gasteiger partial charge >= 0.3 is 0 Å². The van der Waals surface area contributed by atoms with Crippen molar-refractivity contribution in [2.75, 3.05) is 0 Å². The van der Waals surface area contributed by atoms with Crippen molar-refractivity contribution in [3.8, 4) is 11.1 Å². The molecule has 0 radical (unpaired) electrons. The quantitative estimate of drug-likeness (QED) is 0.887. The SMILES string of the molecule is O=C(CC1CC2CCC(C1)N2)N1Cc2ccccc2-c2ccccc2C1. The van der Waals surface area contributed by atoms with Gasteiger partial charge < -0.3 is 10.2 Å². The molecule has 2 aromatic rings. The lowest BCUT2D eigenvalue weighted by atomic mass is 9.89. The van der Waals surface area contributed by atoms with Gasteiger partial charge in [-0.05, 0) is 53.9 Å². The zero-order chi connectivity index (χ0) is 17.5. The van der Waals surface area contributed by atoms with Gasteiger partial charge in [0.15, 0.2) is 0 Å². The Morgan fingerprint density at radius 2 is 1.42 bits per heavy atom. The zero-order valence-corrected chi connectivity index (χ0v) is 15.2. The number of carbonyl (C=O) groups is 1. The van der Waals surface area contributed by atoms with Crippen molar-refractivity contribution < 1.29 is 4.79 Å². The van der Waals surface area contributed by atoms with E-state index >= 15 is 0 Å². The smallest absolute Gasteiger partial charge is 0.223 e. The van der Waals surface area contributed by atoms with Crippen LogP contribution in [0.3, 0.4) is 0 Å². The van der Waals surface area contributed by atoms with Gasteiger partial charge in [-0.2, -0.15) is 0 Å². The van der Waals surface area contributed by atoms with E-state index in [0.29, 0.717) is 30.3 Å². The van der Waals surface area contributed by atoms with E-state index in [9.17, 15) is 4.79 Å². The minimum Gasteiger partial charge on any atom is -0.334 e. The summed E-state index contributed by atoms with van der Waals surface area (Å²) in [7, 11) is 0. The second-order valence-corrected chi connectivity index (χ2v) is 8.24. The van der Waals surface area contributed by atoms with Crippen LogP contribution in [0.4, 0.5) is 0 Å². The minimum atomic E-state index is 0.322. The fourth-order valence-corrected chi connectivity index (χ4v) is 5.20. The number of rotatable bonds is 2. The molecule has 5 rings (SSSR count). The van der Waals surface area contributed by atoms with Crippen LogP contribution in [0.5, 0.6) is 0 Å². The molecule has 3 nitrogen and oxygen atoms in total. The second-order valence-electron chi connectivity index (χ2n) is 8.24. The molecule has 2 saturated heterocycles. The number of nitrogens with zero attached hydrogens (tertiary/aromatic N) is 1. The van der Waals surface area contributed by atoms with Crippen LogP contribution in [0.1, 0.15) is 43.2 Å². The average molecular weight is 346 g/mol. The molecule has 134 valence electrons. The van der Waals surface area contributed by atoms with Gasteiger partial charge in [0.1, 0.15) is 0 Å². The molecular weight excluding hydrogens is 320 g/mol. The number of piperidine rings is 1. The fourth-order valence-electron chi connectivity index (χ4n) is 5.20. The molecule has 0 spiro atoms. The third-order valence-corrected chi connectivity index (χ3v) is 6.43. The van der Waals surface area contributed by atoms with Gasteiger partial charge in [0, 0.05) is 31.6 Å². The maximum absolute atomic E-state index is 13.2. The first-order valence-electron chi connectivity index (χ1n) is 9.96. The van der Waals surface area contributed by atoms with Crippen molar-refractivity contribution in [3.63, 3.8) is 0 Å². The highest BCUT2D eigenvalue weighted by Gasteiger charge is 2.35. The molecule has 2 fully saturated rings. The van der Waals surface area contributed by atoms with Crippen molar-refractivity contribution in [3.05, 3.63) is 59.7 Å². The van der Waals surface area contributed by atoms with E-state index in [-0.39, 0.29) is 0 Å². The van der Waals surface area contributed by atoms with Gasteiger partial charge in [0.25, 0.3) is 0 Å². The van der Waals surface area contributed by atoms with Gasteiger partial charge in [-0.25, -0.2) is 0 Å². The second kappa shape index (κ2) is 6.55. The number of benzene rings is 2. The average Bonchev–Trinajstić information content (AvgIpc) is 2.90.